The summed E-state index contributed by atoms with van der Waals surface area (Å²) in [5.74, 6) is -5.99. The van der Waals surface area contributed by atoms with Gasteiger partial charge in [0.1, 0.15) is 18.1 Å². The minimum absolute atomic E-state index is 0.101. The van der Waals surface area contributed by atoms with Crippen molar-refractivity contribution in [2.24, 2.45) is 29.0 Å². The Morgan fingerprint density at radius 2 is 1.18 bits per heavy atom. The van der Waals surface area contributed by atoms with E-state index in [9.17, 15) is 33.9 Å². The number of carbonyl (C=O) groups is 6. The first-order valence-electron chi connectivity index (χ1n) is 10.7. The molecule has 0 saturated carbocycles. The smallest absolute Gasteiger partial charge is 0.326 e. The number of hydrogen-bond donors (Lipinski definition) is 7. The van der Waals surface area contributed by atoms with E-state index in [0.29, 0.717) is 6.42 Å². The first kappa shape index (κ1) is 29.8. The summed E-state index contributed by atoms with van der Waals surface area (Å²) in [7, 11) is 0. The van der Waals surface area contributed by atoms with E-state index < -0.39 is 72.5 Å². The molecule has 0 radical (unpaired) electrons. The average Bonchev–Trinajstić information content (AvgIpc) is 2.69. The van der Waals surface area contributed by atoms with Crippen molar-refractivity contribution in [3.8, 4) is 0 Å². The molecule has 13 nitrogen and oxygen atoms in total. The van der Waals surface area contributed by atoms with Crippen LogP contribution < -0.4 is 33.2 Å². The summed E-state index contributed by atoms with van der Waals surface area (Å²) in [5.41, 5.74) is 16.1. The van der Waals surface area contributed by atoms with E-state index in [4.69, 9.17) is 17.2 Å². The number of aliphatic carboxylic acids is 1. The highest BCUT2D eigenvalue weighted by Gasteiger charge is 2.32. The van der Waals surface area contributed by atoms with Crippen molar-refractivity contribution in [3.05, 3.63) is 0 Å². The van der Waals surface area contributed by atoms with Crippen molar-refractivity contribution < 1.29 is 33.9 Å². The molecule has 0 fully saturated rings. The lowest BCUT2D eigenvalue weighted by molar-refractivity contribution is -0.144. The van der Waals surface area contributed by atoms with Gasteiger partial charge in [0, 0.05) is 0 Å². The van der Waals surface area contributed by atoms with Gasteiger partial charge in [-0.05, 0) is 18.3 Å². The van der Waals surface area contributed by atoms with Gasteiger partial charge in [0.15, 0.2) is 0 Å². The number of carboxylic acids is 1. The van der Waals surface area contributed by atoms with Crippen LogP contribution >= 0.6 is 0 Å². The molecule has 5 atom stereocenters. The van der Waals surface area contributed by atoms with Gasteiger partial charge >= 0.3 is 5.97 Å². The quantitative estimate of drug-likeness (QED) is 0.136. The van der Waals surface area contributed by atoms with Crippen molar-refractivity contribution in [2.75, 3.05) is 0 Å². The fourth-order valence-corrected chi connectivity index (χ4v) is 2.84. The standard InChI is InChI=1S/C20H36N6O7/c1-5-10(4)16(23)19(31)25-12(7-14(21)27)18(30)24-11(6-9(2)3)17(29)26-13(20(32)33)8-15(22)28/h9-13,16H,5-8,23H2,1-4H3,(H2,21,27)(H2,22,28)(H,24,30)(H,25,31)(H,26,29)(H,32,33). The van der Waals surface area contributed by atoms with Crippen LogP contribution in [0.4, 0.5) is 0 Å². The van der Waals surface area contributed by atoms with Gasteiger partial charge in [-0.15, -0.1) is 0 Å². The van der Waals surface area contributed by atoms with Crippen molar-refractivity contribution in [1.29, 1.82) is 0 Å². The number of primary amides is 2. The van der Waals surface area contributed by atoms with E-state index in [2.05, 4.69) is 16.0 Å². The summed E-state index contributed by atoms with van der Waals surface area (Å²) in [5, 5.41) is 16.2. The maximum Gasteiger partial charge on any atom is 0.326 e. The molecule has 0 aliphatic carbocycles. The SMILES string of the molecule is CCC(C)C(N)C(=O)NC(CC(N)=O)C(=O)NC(CC(C)C)C(=O)NC(CC(N)=O)C(=O)O. The molecule has 0 aliphatic rings. The van der Waals surface area contributed by atoms with E-state index in [0.717, 1.165) is 0 Å². The molecule has 10 N–H and O–H groups in total. The van der Waals surface area contributed by atoms with Crippen LogP contribution in [0.5, 0.6) is 0 Å². The van der Waals surface area contributed by atoms with Crippen molar-refractivity contribution in [3.63, 3.8) is 0 Å². The Morgan fingerprint density at radius 3 is 1.61 bits per heavy atom. The fraction of sp³-hybridized carbons (Fsp3) is 0.700. The highest BCUT2D eigenvalue weighted by atomic mass is 16.4. The van der Waals surface area contributed by atoms with Crippen molar-refractivity contribution in [1.82, 2.24) is 16.0 Å². The molecule has 5 amide bonds. The Morgan fingerprint density at radius 1 is 0.758 bits per heavy atom. The number of hydrogen-bond acceptors (Lipinski definition) is 7. The maximum atomic E-state index is 12.8. The molecule has 0 spiro atoms. The molecule has 0 aromatic carbocycles. The molecule has 0 aromatic heterocycles. The van der Waals surface area contributed by atoms with Crippen LogP contribution in [0.3, 0.4) is 0 Å². The van der Waals surface area contributed by atoms with Crippen LogP contribution in [0.15, 0.2) is 0 Å². The molecular weight excluding hydrogens is 436 g/mol. The van der Waals surface area contributed by atoms with Gasteiger partial charge in [-0.2, -0.15) is 0 Å². The first-order valence-corrected chi connectivity index (χ1v) is 10.7. The lowest BCUT2D eigenvalue weighted by atomic mass is 9.98. The van der Waals surface area contributed by atoms with Crippen LogP contribution in [0, 0.1) is 11.8 Å². The highest BCUT2D eigenvalue weighted by molar-refractivity contribution is 5.96. The summed E-state index contributed by atoms with van der Waals surface area (Å²) in [6.07, 6.45) is -0.477. The lowest BCUT2D eigenvalue weighted by Gasteiger charge is -2.26. The average molecular weight is 473 g/mol. The summed E-state index contributed by atoms with van der Waals surface area (Å²) in [4.78, 5) is 71.7. The van der Waals surface area contributed by atoms with Crippen LogP contribution in [0.1, 0.15) is 53.4 Å². The molecule has 13 heteroatoms. The zero-order chi connectivity index (χ0) is 25.9. The highest BCUT2D eigenvalue weighted by Crippen LogP contribution is 2.09. The number of nitrogens with one attached hydrogen (secondary N) is 3. The molecule has 0 rings (SSSR count). The third-order valence-electron chi connectivity index (χ3n) is 4.96. The Bertz CT molecular complexity index is 742. The van der Waals surface area contributed by atoms with Crippen molar-refractivity contribution >= 4 is 35.5 Å². The molecule has 188 valence electrons. The second kappa shape index (κ2) is 14.0. The monoisotopic (exact) mass is 472 g/mol. The molecule has 5 unspecified atom stereocenters. The van der Waals surface area contributed by atoms with Crippen LogP contribution in [-0.4, -0.2) is 64.8 Å². The van der Waals surface area contributed by atoms with Crippen LogP contribution in [0.2, 0.25) is 0 Å². The van der Waals surface area contributed by atoms with Gasteiger partial charge in [0.05, 0.1) is 18.9 Å². The Balaban J connectivity index is 5.58. The predicted octanol–water partition coefficient (Wildman–Crippen LogP) is -2.30. The van der Waals surface area contributed by atoms with E-state index in [1.54, 1.807) is 20.8 Å². The summed E-state index contributed by atoms with van der Waals surface area (Å²) in [6.45, 7) is 7.11. The zero-order valence-electron chi connectivity index (χ0n) is 19.4. The molecule has 0 saturated heterocycles. The van der Waals surface area contributed by atoms with Crippen LogP contribution in [-0.2, 0) is 28.8 Å². The van der Waals surface area contributed by atoms with Crippen LogP contribution in [0.25, 0.3) is 0 Å². The summed E-state index contributed by atoms with van der Waals surface area (Å²) >= 11 is 0. The number of amides is 5. The largest absolute Gasteiger partial charge is 0.480 e. The zero-order valence-corrected chi connectivity index (χ0v) is 19.4. The predicted molar refractivity (Wildman–Crippen MR) is 118 cm³/mol. The minimum Gasteiger partial charge on any atom is -0.480 e. The van der Waals surface area contributed by atoms with Gasteiger partial charge in [-0.25, -0.2) is 4.79 Å². The minimum atomic E-state index is -1.59. The number of carbonyl (C=O) groups excluding carboxylic acids is 5. The number of rotatable bonds is 15. The molecular formula is C20H36N6O7. The second-order valence-corrected chi connectivity index (χ2v) is 8.40. The molecule has 0 aliphatic heterocycles. The topological polar surface area (TPSA) is 237 Å². The van der Waals surface area contributed by atoms with E-state index in [-0.39, 0.29) is 18.3 Å². The fourth-order valence-electron chi connectivity index (χ4n) is 2.84. The summed E-state index contributed by atoms with van der Waals surface area (Å²) in [6, 6.07) is -5.13. The molecule has 0 bridgehead atoms. The third-order valence-corrected chi connectivity index (χ3v) is 4.96. The van der Waals surface area contributed by atoms with Gasteiger partial charge < -0.3 is 38.3 Å². The van der Waals surface area contributed by atoms with Gasteiger partial charge in [-0.3, -0.25) is 24.0 Å². The van der Waals surface area contributed by atoms with E-state index in [1.165, 1.54) is 0 Å². The normalized spacial score (nSPS) is 15.5. The maximum absolute atomic E-state index is 12.8. The summed E-state index contributed by atoms with van der Waals surface area (Å²) < 4.78 is 0. The lowest BCUT2D eigenvalue weighted by Crippen LogP contribution is -2.58. The molecule has 0 heterocycles. The van der Waals surface area contributed by atoms with E-state index in [1.807, 2.05) is 6.92 Å². The van der Waals surface area contributed by atoms with Gasteiger partial charge in [-0.1, -0.05) is 34.1 Å². The number of nitrogens with two attached hydrogens (primary N) is 3. The number of carboxylic acid groups (broad SMARTS) is 1. The third kappa shape index (κ3) is 11.3. The Hall–Kier alpha value is -3.22. The van der Waals surface area contributed by atoms with Gasteiger partial charge in [0.25, 0.3) is 0 Å². The van der Waals surface area contributed by atoms with Crippen molar-refractivity contribution in [2.45, 2.75) is 77.5 Å². The Kier molecular flexibility index (Phi) is 12.7. The Labute approximate surface area is 192 Å². The molecule has 0 aromatic rings. The van der Waals surface area contributed by atoms with E-state index >= 15 is 0 Å². The van der Waals surface area contributed by atoms with Gasteiger partial charge in [0.2, 0.25) is 29.5 Å². The second-order valence-electron chi connectivity index (χ2n) is 8.40. The first-order chi connectivity index (χ1) is 15.2. The molecule has 33 heavy (non-hydrogen) atoms.